The third-order valence-corrected chi connectivity index (χ3v) is 5.37. The van der Waals surface area contributed by atoms with E-state index in [-0.39, 0.29) is 29.9 Å². The number of nitrogens with one attached hydrogen (secondary N) is 1. The second-order valence-electron chi connectivity index (χ2n) is 7.43. The fourth-order valence-corrected chi connectivity index (χ4v) is 3.71. The highest BCUT2D eigenvalue weighted by atomic mass is 16.2. The van der Waals surface area contributed by atoms with Crippen LogP contribution in [0, 0.1) is 0 Å². The predicted molar refractivity (Wildman–Crippen MR) is 119 cm³/mol. The molecule has 0 saturated carbocycles. The largest absolute Gasteiger partial charge is 0.324 e. The number of hydrogen-bond acceptors (Lipinski definition) is 5. The van der Waals surface area contributed by atoms with E-state index < -0.39 is 23.8 Å². The van der Waals surface area contributed by atoms with Gasteiger partial charge in [-0.2, -0.15) is 0 Å². The lowest BCUT2D eigenvalue weighted by molar-refractivity contribution is -0.119. The van der Waals surface area contributed by atoms with Gasteiger partial charge in [-0.25, -0.2) is 0 Å². The lowest BCUT2D eigenvalue weighted by Crippen LogP contribution is -2.48. The SMILES string of the molecule is NCC(=O)c1ccc(NC(=O)C(Cc2ccccc2)N2C(=O)c3ccccc3C2=O)cc1. The number of hydrogen-bond donors (Lipinski definition) is 2. The molecule has 1 aliphatic heterocycles. The van der Waals surface area contributed by atoms with Gasteiger partial charge < -0.3 is 11.1 Å². The molecule has 1 aliphatic rings. The van der Waals surface area contributed by atoms with Gasteiger partial charge >= 0.3 is 0 Å². The normalized spacial score (nSPS) is 13.6. The Bertz CT molecular complexity index is 1150. The third kappa shape index (κ3) is 4.06. The van der Waals surface area contributed by atoms with Gasteiger partial charge in [-0.1, -0.05) is 42.5 Å². The number of nitrogens with zero attached hydrogens (tertiary/aromatic N) is 1. The van der Waals surface area contributed by atoms with Gasteiger partial charge in [-0.3, -0.25) is 24.1 Å². The van der Waals surface area contributed by atoms with Crippen LogP contribution >= 0.6 is 0 Å². The topological polar surface area (TPSA) is 110 Å². The molecule has 3 N–H and O–H groups in total. The molecule has 0 saturated heterocycles. The zero-order valence-corrected chi connectivity index (χ0v) is 17.2. The number of benzene rings is 3. The maximum absolute atomic E-state index is 13.3. The number of Topliss-reactive ketones (excluding diaryl/α,β-unsaturated/α-hetero) is 1. The highest BCUT2D eigenvalue weighted by Crippen LogP contribution is 2.26. The molecule has 0 aliphatic carbocycles. The maximum atomic E-state index is 13.3. The fraction of sp³-hybridized carbons (Fsp3) is 0.120. The summed E-state index contributed by atoms with van der Waals surface area (Å²) in [6, 6.07) is 21.0. The van der Waals surface area contributed by atoms with Crippen LogP contribution < -0.4 is 11.1 Å². The lowest BCUT2D eigenvalue weighted by atomic mass is 10.0. The molecule has 4 rings (SSSR count). The Hall–Kier alpha value is -4.10. The molecule has 0 spiro atoms. The van der Waals surface area contributed by atoms with Crippen molar-refractivity contribution in [2.24, 2.45) is 5.73 Å². The molecule has 3 amide bonds. The first kappa shape index (κ1) is 21.1. The number of carbonyl (C=O) groups excluding carboxylic acids is 4. The standard InChI is InChI=1S/C25H21N3O4/c26-15-22(29)17-10-12-18(13-11-17)27-23(30)21(14-16-6-2-1-3-7-16)28-24(31)19-8-4-5-9-20(19)25(28)32/h1-13,21H,14-15,26H2,(H,27,30). The first-order chi connectivity index (χ1) is 15.5. The Morgan fingerprint density at radius 2 is 1.38 bits per heavy atom. The number of anilines is 1. The molecule has 3 aromatic rings. The van der Waals surface area contributed by atoms with Crippen molar-refractivity contribution in [1.29, 1.82) is 0 Å². The smallest absolute Gasteiger partial charge is 0.262 e. The summed E-state index contributed by atoms with van der Waals surface area (Å²) in [6.45, 7) is -0.107. The van der Waals surface area contributed by atoms with E-state index in [1.165, 1.54) is 0 Å². The predicted octanol–water partition coefficient (Wildman–Crippen LogP) is 2.67. The van der Waals surface area contributed by atoms with Gasteiger partial charge in [0.15, 0.2) is 5.78 Å². The van der Waals surface area contributed by atoms with Gasteiger partial charge in [0.25, 0.3) is 11.8 Å². The first-order valence-electron chi connectivity index (χ1n) is 10.1. The molecule has 0 bridgehead atoms. The molecule has 1 unspecified atom stereocenters. The molecule has 160 valence electrons. The van der Waals surface area contributed by atoms with Crippen molar-refractivity contribution in [3.8, 4) is 0 Å². The van der Waals surface area contributed by atoms with Crippen LogP contribution in [0.2, 0.25) is 0 Å². The monoisotopic (exact) mass is 427 g/mol. The van der Waals surface area contributed by atoms with Crippen LogP contribution in [0.15, 0.2) is 78.9 Å². The first-order valence-corrected chi connectivity index (χ1v) is 10.1. The van der Waals surface area contributed by atoms with E-state index >= 15 is 0 Å². The Balaban J connectivity index is 1.63. The number of amides is 3. The van der Waals surface area contributed by atoms with Gasteiger partial charge in [0, 0.05) is 17.7 Å². The van der Waals surface area contributed by atoms with Crippen LogP contribution in [0.4, 0.5) is 5.69 Å². The molecular weight excluding hydrogens is 406 g/mol. The average molecular weight is 427 g/mol. The molecule has 7 heteroatoms. The Morgan fingerprint density at radius 1 is 0.812 bits per heavy atom. The summed E-state index contributed by atoms with van der Waals surface area (Å²) >= 11 is 0. The van der Waals surface area contributed by atoms with Crippen LogP contribution in [-0.2, 0) is 11.2 Å². The van der Waals surface area contributed by atoms with Crippen molar-refractivity contribution in [2.75, 3.05) is 11.9 Å². The minimum Gasteiger partial charge on any atom is -0.324 e. The van der Waals surface area contributed by atoms with Gasteiger partial charge in [0.2, 0.25) is 5.91 Å². The van der Waals surface area contributed by atoms with Crippen molar-refractivity contribution in [1.82, 2.24) is 4.90 Å². The molecule has 32 heavy (non-hydrogen) atoms. The summed E-state index contributed by atoms with van der Waals surface area (Å²) in [5, 5.41) is 2.76. The van der Waals surface area contributed by atoms with E-state index in [9.17, 15) is 19.2 Å². The highest BCUT2D eigenvalue weighted by Gasteiger charge is 2.42. The second kappa shape index (κ2) is 8.95. The quantitative estimate of drug-likeness (QED) is 0.445. The average Bonchev–Trinajstić information content (AvgIpc) is 3.08. The molecular formula is C25H21N3O4. The van der Waals surface area contributed by atoms with Gasteiger partial charge in [-0.15, -0.1) is 0 Å². The molecule has 0 radical (unpaired) electrons. The summed E-state index contributed by atoms with van der Waals surface area (Å²) in [5.41, 5.74) is 7.64. The van der Waals surface area contributed by atoms with Gasteiger partial charge in [0.05, 0.1) is 17.7 Å². The minimum absolute atomic E-state index is 0.107. The minimum atomic E-state index is -1.05. The van der Waals surface area contributed by atoms with E-state index in [2.05, 4.69) is 5.32 Å². The summed E-state index contributed by atoms with van der Waals surface area (Å²) in [5.74, 6) is -1.70. The zero-order valence-electron chi connectivity index (χ0n) is 17.2. The lowest BCUT2D eigenvalue weighted by Gasteiger charge is -2.25. The Morgan fingerprint density at radius 3 is 1.94 bits per heavy atom. The van der Waals surface area contributed by atoms with Gasteiger partial charge in [0.1, 0.15) is 6.04 Å². The van der Waals surface area contributed by atoms with Gasteiger partial charge in [-0.05, 0) is 42.0 Å². The van der Waals surface area contributed by atoms with Crippen LogP contribution in [0.25, 0.3) is 0 Å². The van der Waals surface area contributed by atoms with Crippen LogP contribution in [0.3, 0.4) is 0 Å². The fourth-order valence-electron chi connectivity index (χ4n) is 3.71. The number of imide groups is 1. The maximum Gasteiger partial charge on any atom is 0.262 e. The molecule has 1 atom stereocenters. The Labute approximate surface area is 184 Å². The van der Waals surface area contributed by atoms with Crippen LogP contribution in [0.1, 0.15) is 36.6 Å². The number of carbonyl (C=O) groups is 4. The van der Waals surface area contributed by atoms with Crippen LogP contribution in [0.5, 0.6) is 0 Å². The highest BCUT2D eigenvalue weighted by molar-refractivity contribution is 6.23. The van der Waals surface area contributed by atoms with Crippen LogP contribution in [-0.4, -0.2) is 41.0 Å². The summed E-state index contributed by atoms with van der Waals surface area (Å²) in [7, 11) is 0. The van der Waals surface area contributed by atoms with Crippen molar-refractivity contribution in [3.05, 3.63) is 101 Å². The molecule has 0 fully saturated rings. The van der Waals surface area contributed by atoms with E-state index in [1.807, 2.05) is 30.3 Å². The number of ketones is 1. The summed E-state index contributed by atoms with van der Waals surface area (Å²) < 4.78 is 0. The second-order valence-corrected chi connectivity index (χ2v) is 7.43. The molecule has 3 aromatic carbocycles. The van der Waals surface area contributed by atoms with Crippen molar-refractivity contribution >= 4 is 29.2 Å². The zero-order chi connectivity index (χ0) is 22.7. The molecule has 7 nitrogen and oxygen atoms in total. The summed E-state index contributed by atoms with van der Waals surface area (Å²) in [6.07, 6.45) is 0.169. The van der Waals surface area contributed by atoms with E-state index in [4.69, 9.17) is 5.73 Å². The van der Waals surface area contributed by atoms with Crippen molar-refractivity contribution in [3.63, 3.8) is 0 Å². The number of fused-ring (bicyclic) bond motifs is 1. The van der Waals surface area contributed by atoms with Crippen molar-refractivity contribution < 1.29 is 19.2 Å². The van der Waals surface area contributed by atoms with E-state index in [1.54, 1.807) is 48.5 Å². The molecule has 1 heterocycles. The number of rotatable bonds is 7. The van der Waals surface area contributed by atoms with E-state index in [0.29, 0.717) is 11.3 Å². The third-order valence-electron chi connectivity index (χ3n) is 5.37. The summed E-state index contributed by atoms with van der Waals surface area (Å²) in [4.78, 5) is 52.1. The van der Waals surface area contributed by atoms with E-state index in [0.717, 1.165) is 10.5 Å². The Kier molecular flexibility index (Phi) is 5.91. The molecule has 0 aromatic heterocycles. The number of nitrogens with two attached hydrogens (primary N) is 1. The van der Waals surface area contributed by atoms with Crippen molar-refractivity contribution in [2.45, 2.75) is 12.5 Å².